The van der Waals surface area contributed by atoms with Crippen molar-refractivity contribution in [1.82, 2.24) is 10.2 Å². The Labute approximate surface area is 155 Å². The van der Waals surface area contributed by atoms with Crippen molar-refractivity contribution in [3.05, 3.63) is 53.6 Å². The quantitative estimate of drug-likeness (QED) is 0.787. The third-order valence-electron chi connectivity index (χ3n) is 4.91. The molecule has 5 heteroatoms. The third-order valence-corrected chi connectivity index (χ3v) is 4.91. The van der Waals surface area contributed by atoms with E-state index in [0.717, 1.165) is 48.9 Å². The third kappa shape index (κ3) is 4.48. The van der Waals surface area contributed by atoms with E-state index >= 15 is 0 Å². The van der Waals surface area contributed by atoms with Gasteiger partial charge in [-0.05, 0) is 12.0 Å². The van der Waals surface area contributed by atoms with Gasteiger partial charge in [-0.1, -0.05) is 30.3 Å². The molecule has 1 saturated heterocycles. The monoisotopic (exact) mass is 356 g/mol. The van der Waals surface area contributed by atoms with Crippen LogP contribution in [0.1, 0.15) is 17.5 Å². The van der Waals surface area contributed by atoms with Crippen LogP contribution >= 0.6 is 0 Å². The fourth-order valence-electron chi connectivity index (χ4n) is 3.48. The van der Waals surface area contributed by atoms with Gasteiger partial charge in [-0.2, -0.15) is 0 Å². The molecule has 0 spiro atoms. The Morgan fingerprint density at radius 3 is 2.31 bits per heavy atom. The van der Waals surface area contributed by atoms with E-state index in [4.69, 9.17) is 14.2 Å². The van der Waals surface area contributed by atoms with Crippen LogP contribution < -0.4 is 19.5 Å². The molecule has 2 aromatic rings. The van der Waals surface area contributed by atoms with Gasteiger partial charge in [-0.25, -0.2) is 0 Å². The van der Waals surface area contributed by atoms with Crippen LogP contribution in [0.4, 0.5) is 0 Å². The SMILES string of the molecule is COc1cc(OC)c(CN[C@H]2CCN(Cc3ccccc3)C2)c(OC)c1. The van der Waals surface area contributed by atoms with E-state index in [1.54, 1.807) is 21.3 Å². The summed E-state index contributed by atoms with van der Waals surface area (Å²) in [5, 5.41) is 3.66. The van der Waals surface area contributed by atoms with Gasteiger partial charge in [0.15, 0.2) is 0 Å². The maximum Gasteiger partial charge on any atom is 0.130 e. The van der Waals surface area contributed by atoms with Crippen LogP contribution in [0.3, 0.4) is 0 Å². The summed E-state index contributed by atoms with van der Waals surface area (Å²) in [5.41, 5.74) is 2.39. The van der Waals surface area contributed by atoms with E-state index in [1.165, 1.54) is 5.56 Å². The van der Waals surface area contributed by atoms with E-state index in [-0.39, 0.29) is 0 Å². The van der Waals surface area contributed by atoms with Crippen molar-refractivity contribution < 1.29 is 14.2 Å². The first-order chi connectivity index (χ1) is 12.7. The van der Waals surface area contributed by atoms with Crippen molar-refractivity contribution >= 4 is 0 Å². The lowest BCUT2D eigenvalue weighted by atomic mass is 10.1. The zero-order valence-corrected chi connectivity index (χ0v) is 15.8. The molecule has 0 aliphatic carbocycles. The highest BCUT2D eigenvalue weighted by atomic mass is 16.5. The normalized spacial score (nSPS) is 17.3. The summed E-state index contributed by atoms with van der Waals surface area (Å²) in [6.45, 7) is 3.88. The smallest absolute Gasteiger partial charge is 0.130 e. The molecule has 0 amide bonds. The zero-order chi connectivity index (χ0) is 18.4. The summed E-state index contributed by atoms with van der Waals surface area (Å²) in [5.74, 6) is 2.30. The molecular formula is C21H28N2O3. The average Bonchev–Trinajstić information content (AvgIpc) is 3.13. The summed E-state index contributed by atoms with van der Waals surface area (Å²) in [6.07, 6.45) is 1.15. The molecule has 5 nitrogen and oxygen atoms in total. The Morgan fingerprint density at radius 1 is 1.00 bits per heavy atom. The lowest BCUT2D eigenvalue weighted by Gasteiger charge is -2.19. The number of hydrogen-bond donors (Lipinski definition) is 1. The molecule has 0 aromatic heterocycles. The van der Waals surface area contributed by atoms with Gasteiger partial charge in [0.1, 0.15) is 17.2 Å². The van der Waals surface area contributed by atoms with Crippen molar-refractivity contribution in [3.63, 3.8) is 0 Å². The van der Waals surface area contributed by atoms with Gasteiger partial charge in [0.05, 0.1) is 26.9 Å². The molecule has 26 heavy (non-hydrogen) atoms. The molecule has 0 radical (unpaired) electrons. The number of nitrogens with one attached hydrogen (secondary N) is 1. The van der Waals surface area contributed by atoms with Crippen molar-refractivity contribution in [2.24, 2.45) is 0 Å². The molecular weight excluding hydrogens is 328 g/mol. The molecule has 1 N–H and O–H groups in total. The van der Waals surface area contributed by atoms with Crippen molar-refractivity contribution in [3.8, 4) is 17.2 Å². The summed E-state index contributed by atoms with van der Waals surface area (Å²) in [6, 6.07) is 14.9. The van der Waals surface area contributed by atoms with Gasteiger partial charge >= 0.3 is 0 Å². The van der Waals surface area contributed by atoms with Crippen LogP contribution in [0.25, 0.3) is 0 Å². The maximum absolute atomic E-state index is 5.54. The predicted octanol–water partition coefficient (Wildman–Crippen LogP) is 3.08. The van der Waals surface area contributed by atoms with Crippen LogP contribution in [0.15, 0.2) is 42.5 Å². The van der Waals surface area contributed by atoms with Gasteiger partial charge in [0.2, 0.25) is 0 Å². The number of benzene rings is 2. The zero-order valence-electron chi connectivity index (χ0n) is 15.8. The lowest BCUT2D eigenvalue weighted by Crippen LogP contribution is -2.32. The Hall–Kier alpha value is -2.24. The van der Waals surface area contributed by atoms with Crippen LogP contribution in [0.2, 0.25) is 0 Å². The number of likely N-dealkylation sites (tertiary alicyclic amines) is 1. The molecule has 1 atom stereocenters. The van der Waals surface area contributed by atoms with E-state index in [2.05, 4.69) is 40.5 Å². The van der Waals surface area contributed by atoms with Crippen LogP contribution in [-0.2, 0) is 13.1 Å². The fraction of sp³-hybridized carbons (Fsp3) is 0.429. The summed E-state index contributed by atoms with van der Waals surface area (Å²) in [7, 11) is 5.00. The molecule has 1 fully saturated rings. The first-order valence-electron chi connectivity index (χ1n) is 9.02. The second kappa shape index (κ2) is 8.92. The van der Waals surface area contributed by atoms with E-state index in [1.807, 2.05) is 12.1 Å². The first kappa shape index (κ1) is 18.5. The van der Waals surface area contributed by atoms with Gasteiger partial charge in [-0.3, -0.25) is 4.90 Å². The molecule has 140 valence electrons. The van der Waals surface area contributed by atoms with Gasteiger partial charge in [0, 0.05) is 44.4 Å². The molecule has 3 rings (SSSR count). The van der Waals surface area contributed by atoms with Crippen molar-refractivity contribution in [2.75, 3.05) is 34.4 Å². The molecule has 1 aliphatic rings. The highest BCUT2D eigenvalue weighted by molar-refractivity contribution is 5.50. The second-order valence-corrected chi connectivity index (χ2v) is 6.60. The number of methoxy groups -OCH3 is 3. The topological polar surface area (TPSA) is 43.0 Å². The standard InChI is InChI=1S/C21H28N2O3/c1-24-18-11-20(25-2)19(21(12-18)26-3)13-22-17-9-10-23(15-17)14-16-7-5-4-6-8-16/h4-8,11-12,17,22H,9-10,13-15H2,1-3H3/t17-/m0/s1. The van der Waals surface area contributed by atoms with E-state index in [0.29, 0.717) is 12.6 Å². The molecule has 0 saturated carbocycles. The minimum Gasteiger partial charge on any atom is -0.496 e. The van der Waals surface area contributed by atoms with Crippen LogP contribution in [0, 0.1) is 0 Å². The largest absolute Gasteiger partial charge is 0.496 e. The van der Waals surface area contributed by atoms with E-state index < -0.39 is 0 Å². The predicted molar refractivity (Wildman–Crippen MR) is 103 cm³/mol. The van der Waals surface area contributed by atoms with E-state index in [9.17, 15) is 0 Å². The van der Waals surface area contributed by atoms with Crippen LogP contribution in [-0.4, -0.2) is 45.4 Å². The number of ether oxygens (including phenoxy) is 3. The fourth-order valence-corrected chi connectivity index (χ4v) is 3.48. The number of hydrogen-bond acceptors (Lipinski definition) is 5. The highest BCUT2D eigenvalue weighted by Crippen LogP contribution is 2.34. The Bertz CT molecular complexity index is 681. The maximum atomic E-state index is 5.54. The summed E-state index contributed by atoms with van der Waals surface area (Å²) in [4.78, 5) is 2.50. The molecule has 1 heterocycles. The minimum atomic E-state index is 0.468. The molecule has 0 bridgehead atoms. The second-order valence-electron chi connectivity index (χ2n) is 6.60. The Balaban J connectivity index is 1.59. The Morgan fingerprint density at radius 2 is 1.69 bits per heavy atom. The first-order valence-corrected chi connectivity index (χ1v) is 9.02. The van der Waals surface area contributed by atoms with Gasteiger partial charge < -0.3 is 19.5 Å². The van der Waals surface area contributed by atoms with Crippen molar-refractivity contribution in [2.45, 2.75) is 25.6 Å². The summed E-state index contributed by atoms with van der Waals surface area (Å²) >= 11 is 0. The van der Waals surface area contributed by atoms with Gasteiger partial charge in [0.25, 0.3) is 0 Å². The van der Waals surface area contributed by atoms with Crippen molar-refractivity contribution in [1.29, 1.82) is 0 Å². The molecule has 1 aliphatic heterocycles. The lowest BCUT2D eigenvalue weighted by molar-refractivity contribution is 0.318. The van der Waals surface area contributed by atoms with Gasteiger partial charge in [-0.15, -0.1) is 0 Å². The summed E-state index contributed by atoms with van der Waals surface area (Å²) < 4.78 is 16.4. The number of rotatable bonds is 8. The van der Waals surface area contributed by atoms with Crippen LogP contribution in [0.5, 0.6) is 17.2 Å². The highest BCUT2D eigenvalue weighted by Gasteiger charge is 2.23. The molecule has 0 unspecified atom stereocenters. The molecule has 2 aromatic carbocycles. The number of nitrogens with zero attached hydrogens (tertiary/aromatic N) is 1. The Kier molecular flexibility index (Phi) is 6.36. The minimum absolute atomic E-state index is 0.468. The average molecular weight is 356 g/mol.